The van der Waals surface area contributed by atoms with Gasteiger partial charge in [-0.25, -0.2) is 0 Å². The summed E-state index contributed by atoms with van der Waals surface area (Å²) in [6.45, 7) is 5.81. The standard InChI is InChI=1S/C26H35N5O/c1-19-25(20(2)31(3)30-19)11-6-15-27-26(28-16-14-24-10-7-17-32-24)29-23-13-12-21-8-4-5-9-22(21)18-23/h4-5,7-10,17,23H,6,11-16,18H2,1-3H3,(H2,27,28,29). The molecule has 0 spiro atoms. The van der Waals surface area contributed by atoms with Crippen LogP contribution in [0.4, 0.5) is 0 Å². The summed E-state index contributed by atoms with van der Waals surface area (Å²) in [5.74, 6) is 1.89. The van der Waals surface area contributed by atoms with E-state index in [0.29, 0.717) is 6.04 Å². The molecule has 1 atom stereocenters. The third kappa shape index (κ3) is 5.61. The zero-order valence-electron chi connectivity index (χ0n) is 19.5. The molecule has 1 unspecified atom stereocenters. The van der Waals surface area contributed by atoms with Gasteiger partial charge in [-0.15, -0.1) is 0 Å². The Labute approximate surface area is 191 Å². The van der Waals surface area contributed by atoms with Crippen LogP contribution in [-0.4, -0.2) is 34.9 Å². The first-order valence-electron chi connectivity index (χ1n) is 11.7. The molecule has 1 aliphatic carbocycles. The van der Waals surface area contributed by atoms with Crippen LogP contribution >= 0.6 is 0 Å². The molecule has 3 aromatic rings. The van der Waals surface area contributed by atoms with Gasteiger partial charge < -0.3 is 15.1 Å². The largest absolute Gasteiger partial charge is 0.469 e. The molecule has 0 bridgehead atoms. The highest BCUT2D eigenvalue weighted by molar-refractivity contribution is 5.80. The second-order valence-electron chi connectivity index (χ2n) is 8.72. The molecule has 6 heteroatoms. The van der Waals surface area contributed by atoms with Crippen LogP contribution in [0.15, 0.2) is 52.1 Å². The number of guanidine groups is 1. The van der Waals surface area contributed by atoms with Crippen molar-refractivity contribution in [1.82, 2.24) is 20.4 Å². The summed E-state index contributed by atoms with van der Waals surface area (Å²) in [5, 5.41) is 11.7. The van der Waals surface area contributed by atoms with Crippen LogP contribution in [0.5, 0.6) is 0 Å². The molecule has 0 amide bonds. The monoisotopic (exact) mass is 433 g/mol. The normalized spacial score (nSPS) is 16.1. The van der Waals surface area contributed by atoms with Crippen LogP contribution < -0.4 is 10.6 Å². The number of nitrogens with zero attached hydrogens (tertiary/aromatic N) is 3. The number of rotatable bonds is 8. The van der Waals surface area contributed by atoms with Gasteiger partial charge in [0.15, 0.2) is 5.96 Å². The number of fused-ring (bicyclic) bond motifs is 1. The summed E-state index contributed by atoms with van der Waals surface area (Å²) < 4.78 is 7.44. The number of nitrogens with one attached hydrogen (secondary N) is 2. The first-order valence-corrected chi connectivity index (χ1v) is 11.7. The van der Waals surface area contributed by atoms with Gasteiger partial charge in [-0.3, -0.25) is 9.67 Å². The van der Waals surface area contributed by atoms with E-state index in [9.17, 15) is 0 Å². The molecule has 2 N–H and O–H groups in total. The third-order valence-electron chi connectivity index (χ3n) is 6.45. The maximum absolute atomic E-state index is 5.47. The number of aromatic nitrogens is 2. The third-order valence-corrected chi connectivity index (χ3v) is 6.45. The van der Waals surface area contributed by atoms with Gasteiger partial charge in [0, 0.05) is 38.3 Å². The average molecular weight is 434 g/mol. The van der Waals surface area contributed by atoms with Crippen molar-refractivity contribution in [2.45, 2.75) is 58.4 Å². The first-order chi connectivity index (χ1) is 15.6. The number of hydrogen-bond donors (Lipinski definition) is 2. The number of aliphatic imine (C=N–C) groups is 1. The van der Waals surface area contributed by atoms with Crippen molar-refractivity contribution in [2.75, 3.05) is 13.1 Å². The molecule has 1 aliphatic rings. The Kier molecular flexibility index (Phi) is 7.30. The Balaban J connectivity index is 1.35. The van der Waals surface area contributed by atoms with Crippen LogP contribution in [0.2, 0.25) is 0 Å². The Hall–Kier alpha value is -3.02. The molecule has 170 valence electrons. The smallest absolute Gasteiger partial charge is 0.191 e. The molecular weight excluding hydrogens is 398 g/mol. The van der Waals surface area contributed by atoms with Gasteiger partial charge in [-0.1, -0.05) is 24.3 Å². The Bertz CT molecular complexity index is 1030. The molecule has 6 nitrogen and oxygen atoms in total. The second kappa shape index (κ2) is 10.5. The lowest BCUT2D eigenvalue weighted by molar-refractivity contribution is 0.501. The molecule has 4 rings (SSSR count). The Morgan fingerprint density at radius 2 is 2.00 bits per heavy atom. The van der Waals surface area contributed by atoms with E-state index in [1.165, 1.54) is 22.4 Å². The molecule has 0 radical (unpaired) electrons. The van der Waals surface area contributed by atoms with Crippen molar-refractivity contribution in [3.63, 3.8) is 0 Å². The van der Waals surface area contributed by atoms with Crippen molar-refractivity contribution in [3.05, 3.63) is 76.5 Å². The molecule has 32 heavy (non-hydrogen) atoms. The lowest BCUT2D eigenvalue weighted by Gasteiger charge is -2.27. The van der Waals surface area contributed by atoms with E-state index >= 15 is 0 Å². The minimum absolute atomic E-state index is 0.405. The van der Waals surface area contributed by atoms with Gasteiger partial charge in [0.05, 0.1) is 12.0 Å². The van der Waals surface area contributed by atoms with E-state index in [2.05, 4.69) is 53.8 Å². The fraction of sp³-hybridized carbons (Fsp3) is 0.462. The zero-order chi connectivity index (χ0) is 22.3. The van der Waals surface area contributed by atoms with E-state index in [0.717, 1.165) is 69.0 Å². The van der Waals surface area contributed by atoms with E-state index in [1.807, 2.05) is 23.9 Å². The van der Waals surface area contributed by atoms with Crippen molar-refractivity contribution >= 4 is 5.96 Å². The zero-order valence-corrected chi connectivity index (χ0v) is 19.5. The topological polar surface area (TPSA) is 67.4 Å². The quantitative estimate of drug-likeness (QED) is 0.321. The molecule has 2 aromatic heterocycles. The first kappa shape index (κ1) is 22.2. The molecule has 0 saturated carbocycles. The molecule has 1 aromatic carbocycles. The second-order valence-corrected chi connectivity index (χ2v) is 8.72. The maximum Gasteiger partial charge on any atom is 0.191 e. The van der Waals surface area contributed by atoms with E-state index in [-0.39, 0.29) is 0 Å². The molecule has 0 fully saturated rings. The molecular formula is C26H35N5O. The van der Waals surface area contributed by atoms with Crippen LogP contribution in [0.1, 0.15) is 46.7 Å². The maximum atomic E-state index is 5.47. The van der Waals surface area contributed by atoms with Gasteiger partial charge in [0.2, 0.25) is 0 Å². The average Bonchev–Trinajstić information content (AvgIpc) is 3.39. The highest BCUT2D eigenvalue weighted by atomic mass is 16.3. The van der Waals surface area contributed by atoms with Crippen molar-refractivity contribution in [2.24, 2.45) is 12.0 Å². The summed E-state index contributed by atoms with van der Waals surface area (Å²) in [5.41, 5.74) is 6.67. The summed E-state index contributed by atoms with van der Waals surface area (Å²) in [4.78, 5) is 4.91. The number of aryl methyl sites for hydroxylation is 3. The Morgan fingerprint density at radius 1 is 1.16 bits per heavy atom. The van der Waals surface area contributed by atoms with E-state index in [1.54, 1.807) is 6.26 Å². The van der Waals surface area contributed by atoms with E-state index in [4.69, 9.17) is 9.41 Å². The van der Waals surface area contributed by atoms with Crippen LogP contribution in [0, 0.1) is 13.8 Å². The highest BCUT2D eigenvalue weighted by Crippen LogP contribution is 2.21. The van der Waals surface area contributed by atoms with Crippen molar-refractivity contribution in [1.29, 1.82) is 0 Å². The summed E-state index contributed by atoms with van der Waals surface area (Å²) >= 11 is 0. The fourth-order valence-electron chi connectivity index (χ4n) is 4.55. The fourth-order valence-corrected chi connectivity index (χ4v) is 4.55. The predicted molar refractivity (Wildman–Crippen MR) is 129 cm³/mol. The summed E-state index contributed by atoms with van der Waals surface area (Å²) in [6, 6.07) is 13.1. The van der Waals surface area contributed by atoms with Gasteiger partial charge in [0.1, 0.15) is 5.76 Å². The van der Waals surface area contributed by atoms with Gasteiger partial charge in [0.25, 0.3) is 0 Å². The van der Waals surface area contributed by atoms with E-state index < -0.39 is 0 Å². The van der Waals surface area contributed by atoms with Crippen molar-refractivity contribution < 1.29 is 4.42 Å². The van der Waals surface area contributed by atoms with Crippen molar-refractivity contribution in [3.8, 4) is 0 Å². The Morgan fingerprint density at radius 3 is 2.75 bits per heavy atom. The minimum atomic E-state index is 0.405. The molecule has 0 saturated heterocycles. The lowest BCUT2D eigenvalue weighted by Crippen LogP contribution is -2.46. The SMILES string of the molecule is Cc1nn(C)c(C)c1CCCN=C(NCCc1ccco1)NC1CCc2ccccc2C1. The van der Waals surface area contributed by atoms with Crippen LogP contribution in [0.3, 0.4) is 0 Å². The number of hydrogen-bond acceptors (Lipinski definition) is 3. The predicted octanol–water partition coefficient (Wildman–Crippen LogP) is 3.90. The minimum Gasteiger partial charge on any atom is -0.469 e. The number of benzene rings is 1. The molecule has 0 aliphatic heterocycles. The lowest BCUT2D eigenvalue weighted by atomic mass is 9.88. The highest BCUT2D eigenvalue weighted by Gasteiger charge is 2.19. The summed E-state index contributed by atoms with van der Waals surface area (Å²) in [6.07, 6.45) is 7.87. The molecule has 2 heterocycles. The van der Waals surface area contributed by atoms with Gasteiger partial charge in [-0.2, -0.15) is 5.10 Å². The van der Waals surface area contributed by atoms with Crippen LogP contribution in [-0.2, 0) is 32.7 Å². The van der Waals surface area contributed by atoms with Gasteiger partial charge >= 0.3 is 0 Å². The number of furan rings is 1. The summed E-state index contributed by atoms with van der Waals surface area (Å²) in [7, 11) is 2.01. The van der Waals surface area contributed by atoms with Crippen LogP contribution in [0.25, 0.3) is 0 Å². The van der Waals surface area contributed by atoms with Gasteiger partial charge in [-0.05, 0) is 74.8 Å².